The Bertz CT molecular complexity index is 434. The highest BCUT2D eigenvalue weighted by atomic mass is 16.5. The lowest BCUT2D eigenvalue weighted by Crippen LogP contribution is -2.47. The number of carbonyl (C=O) groups excluding carboxylic acids is 2. The molecule has 0 aliphatic rings. The summed E-state index contributed by atoms with van der Waals surface area (Å²) >= 11 is 0. The topological polar surface area (TPSA) is 58.6 Å². The molecule has 1 atom stereocenters. The first-order valence-corrected chi connectivity index (χ1v) is 6.60. The number of nitrogens with one attached hydrogen (secondary N) is 1. The quantitative estimate of drug-likeness (QED) is 0.751. The number of methoxy groups -OCH3 is 1. The summed E-state index contributed by atoms with van der Waals surface area (Å²) < 4.78 is 4.70. The second kappa shape index (κ2) is 8.32. The van der Waals surface area contributed by atoms with E-state index in [1.807, 2.05) is 30.1 Å². The molecule has 1 N–H and O–H groups in total. The number of likely N-dealkylation sites (N-methyl/N-ethyl adjacent to an activating group) is 1. The van der Waals surface area contributed by atoms with Gasteiger partial charge in [-0.3, -0.25) is 4.79 Å². The van der Waals surface area contributed by atoms with Gasteiger partial charge in [0.1, 0.15) is 6.04 Å². The summed E-state index contributed by atoms with van der Waals surface area (Å²) in [5.41, 5.74) is 1.24. The Morgan fingerprint density at radius 3 is 2.50 bits per heavy atom. The van der Waals surface area contributed by atoms with Gasteiger partial charge in [0.25, 0.3) is 0 Å². The Morgan fingerprint density at radius 1 is 1.30 bits per heavy atom. The maximum Gasteiger partial charge on any atom is 0.329 e. The summed E-state index contributed by atoms with van der Waals surface area (Å²) in [5.74, 6) is -0.663. The first-order chi connectivity index (χ1) is 9.52. The van der Waals surface area contributed by atoms with Crippen molar-refractivity contribution in [2.45, 2.75) is 19.4 Å². The maximum atomic E-state index is 11.6. The smallest absolute Gasteiger partial charge is 0.329 e. The third kappa shape index (κ3) is 5.84. The zero-order valence-corrected chi connectivity index (χ0v) is 12.3. The molecule has 0 heterocycles. The fourth-order valence-corrected chi connectivity index (χ4v) is 1.93. The average molecular weight is 278 g/mol. The predicted molar refractivity (Wildman–Crippen MR) is 77.3 cm³/mol. The summed E-state index contributed by atoms with van der Waals surface area (Å²) in [5, 5.41) is 2.60. The van der Waals surface area contributed by atoms with Crippen LogP contribution in [0.25, 0.3) is 0 Å². The Labute approximate surface area is 119 Å². The van der Waals surface area contributed by atoms with E-state index in [1.54, 1.807) is 0 Å². The van der Waals surface area contributed by atoms with Crippen molar-refractivity contribution < 1.29 is 14.3 Å². The van der Waals surface area contributed by atoms with Gasteiger partial charge in [-0.1, -0.05) is 30.3 Å². The lowest BCUT2D eigenvalue weighted by molar-refractivity contribution is -0.145. The van der Waals surface area contributed by atoms with Crippen LogP contribution in [0.5, 0.6) is 0 Å². The van der Waals surface area contributed by atoms with E-state index in [-0.39, 0.29) is 5.91 Å². The summed E-state index contributed by atoms with van der Waals surface area (Å²) in [6, 6.07) is 9.50. The van der Waals surface area contributed by atoms with Gasteiger partial charge < -0.3 is 15.0 Å². The Balaban J connectivity index is 2.47. The van der Waals surface area contributed by atoms with Crippen molar-refractivity contribution in [2.75, 3.05) is 27.2 Å². The minimum Gasteiger partial charge on any atom is -0.467 e. The maximum absolute atomic E-state index is 11.6. The lowest BCUT2D eigenvalue weighted by Gasteiger charge is -2.22. The fourth-order valence-electron chi connectivity index (χ4n) is 1.93. The van der Waals surface area contributed by atoms with Crippen LogP contribution in [-0.4, -0.2) is 50.1 Å². The van der Waals surface area contributed by atoms with E-state index in [0.717, 1.165) is 13.0 Å². The van der Waals surface area contributed by atoms with E-state index in [1.165, 1.54) is 19.6 Å². The van der Waals surface area contributed by atoms with Crippen LogP contribution in [0.2, 0.25) is 0 Å². The van der Waals surface area contributed by atoms with E-state index >= 15 is 0 Å². The van der Waals surface area contributed by atoms with Gasteiger partial charge in [0.2, 0.25) is 5.91 Å². The second-order valence-corrected chi connectivity index (χ2v) is 4.77. The molecule has 0 fully saturated rings. The Kier molecular flexibility index (Phi) is 6.73. The molecule has 0 aliphatic carbocycles. The molecule has 1 rings (SSSR count). The van der Waals surface area contributed by atoms with Gasteiger partial charge in [0, 0.05) is 20.0 Å². The molecule has 1 aromatic rings. The molecule has 1 unspecified atom stereocenters. The normalized spacial score (nSPS) is 12.0. The Hall–Kier alpha value is -1.88. The van der Waals surface area contributed by atoms with E-state index in [9.17, 15) is 9.59 Å². The van der Waals surface area contributed by atoms with Gasteiger partial charge in [-0.25, -0.2) is 4.79 Å². The molecule has 5 heteroatoms. The molecule has 0 bridgehead atoms. The van der Waals surface area contributed by atoms with Gasteiger partial charge in [0.05, 0.1) is 7.11 Å². The average Bonchev–Trinajstić information content (AvgIpc) is 2.44. The molecule has 0 saturated heterocycles. The number of ether oxygens (including phenoxy) is 1. The molecule has 0 aliphatic heterocycles. The number of hydrogen-bond donors (Lipinski definition) is 1. The zero-order chi connectivity index (χ0) is 15.0. The summed E-state index contributed by atoms with van der Waals surface area (Å²) in [4.78, 5) is 24.7. The number of hydrogen-bond acceptors (Lipinski definition) is 4. The second-order valence-electron chi connectivity index (χ2n) is 4.77. The summed E-state index contributed by atoms with van der Waals surface area (Å²) in [6.07, 6.45) is 0.894. The van der Waals surface area contributed by atoms with Crippen LogP contribution < -0.4 is 5.32 Å². The van der Waals surface area contributed by atoms with Crippen LogP contribution in [0.15, 0.2) is 30.3 Å². The van der Waals surface area contributed by atoms with Crippen molar-refractivity contribution >= 4 is 11.9 Å². The molecule has 110 valence electrons. The third-order valence-electron chi connectivity index (χ3n) is 2.98. The van der Waals surface area contributed by atoms with Gasteiger partial charge in [0.15, 0.2) is 0 Å². The number of esters is 1. The number of carbonyl (C=O) groups is 2. The summed E-state index contributed by atoms with van der Waals surface area (Å²) in [7, 11) is 3.24. The lowest BCUT2D eigenvalue weighted by atomic mass is 10.1. The number of benzene rings is 1. The fraction of sp³-hybridized carbons (Fsp3) is 0.467. The van der Waals surface area contributed by atoms with Crippen LogP contribution >= 0.6 is 0 Å². The largest absolute Gasteiger partial charge is 0.467 e. The van der Waals surface area contributed by atoms with Crippen molar-refractivity contribution in [1.29, 1.82) is 0 Å². The van der Waals surface area contributed by atoms with Gasteiger partial charge in [-0.05, 0) is 19.0 Å². The van der Waals surface area contributed by atoms with Gasteiger partial charge in [-0.2, -0.15) is 0 Å². The third-order valence-corrected chi connectivity index (χ3v) is 2.98. The van der Waals surface area contributed by atoms with Crippen LogP contribution in [-0.2, 0) is 20.7 Å². The van der Waals surface area contributed by atoms with Crippen molar-refractivity contribution in [3.63, 3.8) is 0 Å². The van der Waals surface area contributed by atoms with Crippen LogP contribution in [0, 0.1) is 0 Å². The summed E-state index contributed by atoms with van der Waals surface area (Å²) in [6.45, 7) is 2.62. The molecule has 0 aromatic heterocycles. The van der Waals surface area contributed by atoms with Crippen LogP contribution in [0.4, 0.5) is 0 Å². The van der Waals surface area contributed by atoms with E-state index in [0.29, 0.717) is 6.54 Å². The van der Waals surface area contributed by atoms with E-state index in [2.05, 4.69) is 17.4 Å². The standard InChI is InChI=1S/C15H22N2O3/c1-12(18)16-14(15(19)20-3)11-17(2)10-9-13-7-5-4-6-8-13/h4-8,14H,9-11H2,1-3H3,(H,16,18). The zero-order valence-electron chi connectivity index (χ0n) is 12.3. The molecule has 5 nitrogen and oxygen atoms in total. The first kappa shape index (κ1) is 16.2. The van der Waals surface area contributed by atoms with Crippen LogP contribution in [0.1, 0.15) is 12.5 Å². The van der Waals surface area contributed by atoms with E-state index < -0.39 is 12.0 Å². The van der Waals surface area contributed by atoms with Gasteiger partial charge >= 0.3 is 5.97 Å². The molecule has 1 aromatic carbocycles. The molecular weight excluding hydrogens is 256 g/mol. The first-order valence-electron chi connectivity index (χ1n) is 6.60. The molecule has 0 radical (unpaired) electrons. The SMILES string of the molecule is COC(=O)C(CN(C)CCc1ccccc1)NC(C)=O. The highest BCUT2D eigenvalue weighted by molar-refractivity contribution is 5.83. The highest BCUT2D eigenvalue weighted by Gasteiger charge is 2.21. The molecular formula is C15H22N2O3. The minimum absolute atomic E-state index is 0.239. The van der Waals surface area contributed by atoms with Crippen molar-refractivity contribution in [3.05, 3.63) is 35.9 Å². The van der Waals surface area contributed by atoms with Gasteiger partial charge in [-0.15, -0.1) is 0 Å². The van der Waals surface area contributed by atoms with Crippen molar-refractivity contribution in [1.82, 2.24) is 10.2 Å². The number of nitrogens with zero attached hydrogens (tertiary/aromatic N) is 1. The van der Waals surface area contributed by atoms with Crippen molar-refractivity contribution in [3.8, 4) is 0 Å². The predicted octanol–water partition coefficient (Wildman–Crippen LogP) is 0.839. The molecule has 1 amide bonds. The molecule has 0 spiro atoms. The van der Waals surface area contributed by atoms with Crippen LogP contribution in [0.3, 0.4) is 0 Å². The Morgan fingerprint density at radius 2 is 1.95 bits per heavy atom. The number of rotatable bonds is 7. The minimum atomic E-state index is -0.627. The van der Waals surface area contributed by atoms with Crippen molar-refractivity contribution in [2.24, 2.45) is 0 Å². The monoisotopic (exact) mass is 278 g/mol. The molecule has 0 saturated carbocycles. The number of amides is 1. The van der Waals surface area contributed by atoms with E-state index in [4.69, 9.17) is 4.74 Å². The highest BCUT2D eigenvalue weighted by Crippen LogP contribution is 2.01. The molecule has 20 heavy (non-hydrogen) atoms.